The second-order valence-electron chi connectivity index (χ2n) is 3.61. The molecule has 0 aliphatic carbocycles. The summed E-state index contributed by atoms with van der Waals surface area (Å²) in [5.74, 6) is -1.18. The molecule has 6 heteroatoms. The van der Waals surface area contributed by atoms with Crippen molar-refractivity contribution in [1.29, 1.82) is 0 Å². The summed E-state index contributed by atoms with van der Waals surface area (Å²) >= 11 is 5.97. The van der Waals surface area contributed by atoms with Crippen molar-refractivity contribution >= 4 is 17.6 Å². The van der Waals surface area contributed by atoms with E-state index in [4.69, 9.17) is 16.7 Å². The molecule has 0 saturated carbocycles. The van der Waals surface area contributed by atoms with E-state index in [0.29, 0.717) is 10.6 Å². The predicted molar refractivity (Wildman–Crippen MR) is 66.0 cm³/mol. The normalized spacial score (nSPS) is 10.3. The maximum atomic E-state index is 11.6. The van der Waals surface area contributed by atoms with E-state index in [9.17, 15) is 9.59 Å². The molecule has 0 spiro atoms. The molecule has 1 aromatic carbocycles. The predicted octanol–water partition coefficient (Wildman–Crippen LogP) is 1.64. The zero-order valence-corrected chi connectivity index (χ0v) is 9.96. The number of halogens is 1. The molecule has 1 aromatic heterocycles. The fourth-order valence-corrected chi connectivity index (χ4v) is 1.66. The number of carboxylic acids is 1. The van der Waals surface area contributed by atoms with Gasteiger partial charge >= 0.3 is 5.97 Å². The molecule has 5 nitrogen and oxygen atoms in total. The number of benzene rings is 1. The summed E-state index contributed by atoms with van der Waals surface area (Å²) in [6.45, 7) is 0.139. The summed E-state index contributed by atoms with van der Waals surface area (Å²) in [4.78, 5) is 22.4. The van der Waals surface area contributed by atoms with Crippen molar-refractivity contribution in [3.63, 3.8) is 0 Å². The molecule has 0 atom stereocenters. The minimum atomic E-state index is -1.18. The van der Waals surface area contributed by atoms with E-state index in [0.717, 1.165) is 4.68 Å². The van der Waals surface area contributed by atoms with E-state index in [1.807, 2.05) is 0 Å². The van der Waals surface area contributed by atoms with E-state index >= 15 is 0 Å². The Balaban J connectivity index is 2.40. The average molecular weight is 265 g/mol. The fraction of sp³-hybridized carbons (Fsp3) is 0.0833. The van der Waals surface area contributed by atoms with E-state index in [-0.39, 0.29) is 17.8 Å². The van der Waals surface area contributed by atoms with Crippen LogP contribution in [-0.4, -0.2) is 20.9 Å². The third-order valence-electron chi connectivity index (χ3n) is 2.36. The zero-order chi connectivity index (χ0) is 13.1. The van der Waals surface area contributed by atoms with Crippen LogP contribution in [0.1, 0.15) is 16.1 Å². The van der Waals surface area contributed by atoms with Crippen LogP contribution in [0.5, 0.6) is 0 Å². The van der Waals surface area contributed by atoms with Gasteiger partial charge in [0.05, 0.1) is 6.54 Å². The van der Waals surface area contributed by atoms with Crippen LogP contribution < -0.4 is 5.56 Å². The van der Waals surface area contributed by atoms with E-state index in [2.05, 4.69) is 5.10 Å². The van der Waals surface area contributed by atoms with Crippen LogP contribution in [0.2, 0.25) is 5.02 Å². The van der Waals surface area contributed by atoms with Crippen LogP contribution in [-0.2, 0) is 6.54 Å². The SMILES string of the molecule is O=C(O)c1ccc(=O)n(Cc2ccccc2Cl)n1. The van der Waals surface area contributed by atoms with Crippen molar-refractivity contribution in [3.8, 4) is 0 Å². The quantitative estimate of drug-likeness (QED) is 0.915. The molecule has 0 saturated heterocycles. The first-order valence-electron chi connectivity index (χ1n) is 5.13. The largest absolute Gasteiger partial charge is 0.476 e. The van der Waals surface area contributed by atoms with Gasteiger partial charge in [-0.05, 0) is 17.7 Å². The lowest BCUT2D eigenvalue weighted by Crippen LogP contribution is -2.24. The zero-order valence-electron chi connectivity index (χ0n) is 9.21. The van der Waals surface area contributed by atoms with Gasteiger partial charge in [-0.25, -0.2) is 9.48 Å². The minimum Gasteiger partial charge on any atom is -0.476 e. The van der Waals surface area contributed by atoms with Gasteiger partial charge < -0.3 is 5.11 Å². The lowest BCUT2D eigenvalue weighted by atomic mass is 10.2. The summed E-state index contributed by atoms with van der Waals surface area (Å²) in [6, 6.07) is 9.36. The third-order valence-corrected chi connectivity index (χ3v) is 2.73. The topological polar surface area (TPSA) is 72.2 Å². The molecule has 0 radical (unpaired) electrons. The number of aromatic nitrogens is 2. The molecule has 1 heterocycles. The molecule has 0 unspecified atom stereocenters. The monoisotopic (exact) mass is 264 g/mol. The van der Waals surface area contributed by atoms with Gasteiger partial charge in [-0.2, -0.15) is 5.10 Å². The Labute approximate surface area is 107 Å². The Hall–Kier alpha value is -2.14. The Bertz CT molecular complexity index is 652. The van der Waals surface area contributed by atoms with Crippen LogP contribution >= 0.6 is 11.6 Å². The molecule has 0 amide bonds. The standard InChI is InChI=1S/C12H9ClN2O3/c13-9-4-2-1-3-8(9)7-15-11(16)6-5-10(14-15)12(17)18/h1-6H,7H2,(H,17,18). The van der Waals surface area contributed by atoms with Crippen molar-refractivity contribution in [2.24, 2.45) is 0 Å². The number of carboxylic acid groups (broad SMARTS) is 1. The van der Waals surface area contributed by atoms with E-state index in [1.165, 1.54) is 12.1 Å². The first-order valence-corrected chi connectivity index (χ1v) is 5.50. The molecule has 0 aliphatic rings. The number of aromatic carboxylic acids is 1. The van der Waals surface area contributed by atoms with E-state index in [1.54, 1.807) is 24.3 Å². The van der Waals surface area contributed by atoms with Gasteiger partial charge in [0.25, 0.3) is 5.56 Å². The Morgan fingerprint density at radius 2 is 2.00 bits per heavy atom. The van der Waals surface area contributed by atoms with Gasteiger partial charge in [0.1, 0.15) is 0 Å². The smallest absolute Gasteiger partial charge is 0.356 e. The highest BCUT2D eigenvalue weighted by Gasteiger charge is 2.08. The van der Waals surface area contributed by atoms with Gasteiger partial charge in [-0.15, -0.1) is 0 Å². The number of rotatable bonds is 3. The summed E-state index contributed by atoms with van der Waals surface area (Å²) in [5, 5.41) is 13.1. The summed E-state index contributed by atoms with van der Waals surface area (Å²) in [6.07, 6.45) is 0. The maximum Gasteiger partial charge on any atom is 0.356 e. The highest BCUT2D eigenvalue weighted by molar-refractivity contribution is 6.31. The van der Waals surface area contributed by atoms with Gasteiger partial charge in [0.15, 0.2) is 5.69 Å². The average Bonchev–Trinajstić information content (AvgIpc) is 2.34. The van der Waals surface area contributed by atoms with Gasteiger partial charge in [0.2, 0.25) is 0 Å². The summed E-state index contributed by atoms with van der Waals surface area (Å²) in [5.41, 5.74) is 0.151. The lowest BCUT2D eigenvalue weighted by Gasteiger charge is -2.06. The van der Waals surface area contributed by atoms with Crippen molar-refractivity contribution in [2.45, 2.75) is 6.54 Å². The molecule has 2 aromatic rings. The minimum absolute atomic E-state index is 0.139. The molecule has 0 fully saturated rings. The Kier molecular flexibility index (Phi) is 3.43. The maximum absolute atomic E-state index is 11.6. The summed E-state index contributed by atoms with van der Waals surface area (Å²) < 4.78 is 1.07. The molecule has 92 valence electrons. The van der Waals surface area contributed by atoms with Crippen molar-refractivity contribution < 1.29 is 9.90 Å². The van der Waals surface area contributed by atoms with Crippen molar-refractivity contribution in [2.75, 3.05) is 0 Å². The van der Waals surface area contributed by atoms with Crippen LogP contribution in [0.4, 0.5) is 0 Å². The second kappa shape index (κ2) is 5.01. The highest BCUT2D eigenvalue weighted by atomic mass is 35.5. The molecule has 18 heavy (non-hydrogen) atoms. The number of hydrogen-bond donors (Lipinski definition) is 1. The number of nitrogens with zero attached hydrogens (tertiary/aromatic N) is 2. The van der Waals surface area contributed by atoms with Crippen LogP contribution in [0.3, 0.4) is 0 Å². The molecular weight excluding hydrogens is 256 g/mol. The molecule has 2 rings (SSSR count). The molecule has 0 bridgehead atoms. The van der Waals surface area contributed by atoms with Crippen LogP contribution in [0.15, 0.2) is 41.2 Å². The van der Waals surface area contributed by atoms with Crippen molar-refractivity contribution in [3.05, 3.63) is 63.0 Å². The highest BCUT2D eigenvalue weighted by Crippen LogP contribution is 2.15. The number of carbonyl (C=O) groups is 1. The van der Waals surface area contributed by atoms with Crippen molar-refractivity contribution in [1.82, 2.24) is 9.78 Å². The first kappa shape index (κ1) is 12.3. The van der Waals surface area contributed by atoms with Gasteiger partial charge in [0, 0.05) is 11.1 Å². The fourth-order valence-electron chi connectivity index (χ4n) is 1.46. The van der Waals surface area contributed by atoms with Crippen LogP contribution in [0.25, 0.3) is 0 Å². The van der Waals surface area contributed by atoms with Gasteiger partial charge in [-0.3, -0.25) is 4.79 Å². The molecule has 1 N–H and O–H groups in total. The Morgan fingerprint density at radius 1 is 1.28 bits per heavy atom. The van der Waals surface area contributed by atoms with Crippen LogP contribution in [0, 0.1) is 0 Å². The van der Waals surface area contributed by atoms with Gasteiger partial charge in [-0.1, -0.05) is 29.8 Å². The Morgan fingerprint density at radius 3 is 2.67 bits per heavy atom. The first-order chi connectivity index (χ1) is 8.58. The van der Waals surface area contributed by atoms with E-state index < -0.39 is 5.97 Å². The molecular formula is C12H9ClN2O3. The molecule has 0 aliphatic heterocycles. The second-order valence-corrected chi connectivity index (χ2v) is 4.02. The third kappa shape index (κ3) is 2.57. The number of hydrogen-bond acceptors (Lipinski definition) is 3. The lowest BCUT2D eigenvalue weighted by molar-refractivity contribution is 0.0687. The summed E-state index contributed by atoms with van der Waals surface area (Å²) in [7, 11) is 0.